The van der Waals surface area contributed by atoms with Gasteiger partial charge in [0, 0.05) is 12.6 Å². The van der Waals surface area contributed by atoms with Gasteiger partial charge in [0.2, 0.25) is 0 Å². The standard InChI is InChI=1S/C21H30N2O5/c1-7-17-12-16(10-11-22(17)20(24)28-21(4,5)6)15-8-9-18(23(25)26)19(13-15)27-14(2)3/h8-9,12-14,17H,7,10-11H2,1-6H3/t17-/m1/s1. The summed E-state index contributed by atoms with van der Waals surface area (Å²) in [5, 5.41) is 11.3. The number of carbonyl (C=O) groups is 1. The number of rotatable bonds is 5. The van der Waals surface area contributed by atoms with Crippen LogP contribution in [0.15, 0.2) is 24.3 Å². The smallest absolute Gasteiger partial charge is 0.410 e. The third kappa shape index (κ3) is 5.47. The van der Waals surface area contributed by atoms with E-state index in [4.69, 9.17) is 9.47 Å². The Morgan fingerprint density at radius 1 is 1.36 bits per heavy atom. The number of nitrogens with zero attached hydrogens (tertiary/aromatic N) is 2. The molecule has 0 aliphatic carbocycles. The minimum absolute atomic E-state index is 0.0451. The van der Waals surface area contributed by atoms with Crippen LogP contribution in [-0.2, 0) is 4.74 Å². The topological polar surface area (TPSA) is 81.9 Å². The molecule has 2 rings (SSSR count). The lowest BCUT2D eigenvalue weighted by molar-refractivity contribution is -0.386. The van der Waals surface area contributed by atoms with Gasteiger partial charge in [0.1, 0.15) is 5.60 Å². The molecule has 1 amide bonds. The van der Waals surface area contributed by atoms with Crippen molar-refractivity contribution in [2.24, 2.45) is 0 Å². The van der Waals surface area contributed by atoms with E-state index < -0.39 is 10.5 Å². The molecule has 0 aromatic heterocycles. The summed E-state index contributed by atoms with van der Waals surface area (Å²) < 4.78 is 11.2. The van der Waals surface area contributed by atoms with E-state index in [0.717, 1.165) is 17.6 Å². The predicted molar refractivity (Wildman–Crippen MR) is 108 cm³/mol. The Morgan fingerprint density at radius 2 is 2.04 bits per heavy atom. The van der Waals surface area contributed by atoms with Gasteiger partial charge in [-0.1, -0.05) is 13.0 Å². The van der Waals surface area contributed by atoms with Crippen molar-refractivity contribution in [1.82, 2.24) is 4.90 Å². The Morgan fingerprint density at radius 3 is 2.57 bits per heavy atom. The zero-order valence-corrected chi connectivity index (χ0v) is 17.5. The number of benzene rings is 1. The third-order valence-corrected chi connectivity index (χ3v) is 4.35. The van der Waals surface area contributed by atoms with E-state index in [1.807, 2.05) is 47.6 Å². The van der Waals surface area contributed by atoms with Gasteiger partial charge in [0.25, 0.3) is 0 Å². The van der Waals surface area contributed by atoms with Gasteiger partial charge in [-0.05, 0) is 70.7 Å². The van der Waals surface area contributed by atoms with Gasteiger partial charge >= 0.3 is 11.8 Å². The summed E-state index contributed by atoms with van der Waals surface area (Å²) in [5.41, 5.74) is 1.34. The summed E-state index contributed by atoms with van der Waals surface area (Å²) in [6.07, 6.45) is 2.97. The van der Waals surface area contributed by atoms with Gasteiger partial charge in [-0.25, -0.2) is 4.79 Å². The zero-order valence-electron chi connectivity index (χ0n) is 17.5. The fourth-order valence-corrected chi connectivity index (χ4v) is 3.15. The number of nitro benzene ring substituents is 1. The van der Waals surface area contributed by atoms with Crippen LogP contribution in [0.4, 0.5) is 10.5 Å². The van der Waals surface area contributed by atoms with E-state index in [1.165, 1.54) is 6.07 Å². The fourth-order valence-electron chi connectivity index (χ4n) is 3.15. The fraction of sp³-hybridized carbons (Fsp3) is 0.571. The van der Waals surface area contributed by atoms with Crippen LogP contribution in [0.2, 0.25) is 0 Å². The van der Waals surface area contributed by atoms with Crippen LogP contribution in [0.3, 0.4) is 0 Å². The number of ether oxygens (including phenoxy) is 2. The summed E-state index contributed by atoms with van der Waals surface area (Å²) in [7, 11) is 0. The van der Waals surface area contributed by atoms with Gasteiger partial charge in [-0.2, -0.15) is 0 Å². The molecule has 1 aromatic rings. The van der Waals surface area contributed by atoms with Gasteiger partial charge in [-0.3, -0.25) is 10.1 Å². The normalized spacial score (nSPS) is 17.3. The van der Waals surface area contributed by atoms with Crippen molar-refractivity contribution in [3.63, 3.8) is 0 Å². The quantitative estimate of drug-likeness (QED) is 0.511. The number of nitro groups is 1. The van der Waals surface area contributed by atoms with Gasteiger partial charge < -0.3 is 14.4 Å². The van der Waals surface area contributed by atoms with Crippen molar-refractivity contribution >= 4 is 17.4 Å². The van der Waals surface area contributed by atoms with Crippen LogP contribution in [0.25, 0.3) is 5.57 Å². The molecule has 0 fully saturated rings. The molecule has 28 heavy (non-hydrogen) atoms. The second-order valence-electron chi connectivity index (χ2n) is 8.20. The minimum atomic E-state index is -0.541. The highest BCUT2D eigenvalue weighted by molar-refractivity contribution is 5.74. The summed E-state index contributed by atoms with van der Waals surface area (Å²) in [6.45, 7) is 11.8. The third-order valence-electron chi connectivity index (χ3n) is 4.35. The first kappa shape index (κ1) is 21.7. The Hall–Kier alpha value is -2.57. The average Bonchev–Trinajstić information content (AvgIpc) is 2.58. The summed E-state index contributed by atoms with van der Waals surface area (Å²) in [4.78, 5) is 25.1. The van der Waals surface area contributed by atoms with Crippen molar-refractivity contribution in [2.45, 2.75) is 72.1 Å². The predicted octanol–water partition coefficient (Wildman–Crippen LogP) is 5.18. The number of hydrogen-bond donors (Lipinski definition) is 0. The first-order valence-electron chi connectivity index (χ1n) is 9.67. The summed E-state index contributed by atoms with van der Waals surface area (Å²) >= 11 is 0. The molecule has 1 aliphatic heterocycles. The summed E-state index contributed by atoms with van der Waals surface area (Å²) in [5.74, 6) is 0.265. The van der Waals surface area contributed by atoms with E-state index in [2.05, 4.69) is 0 Å². The first-order chi connectivity index (χ1) is 13.0. The number of amides is 1. The average molecular weight is 390 g/mol. The van der Waals surface area contributed by atoms with Gasteiger partial charge in [-0.15, -0.1) is 0 Å². The highest BCUT2D eigenvalue weighted by Gasteiger charge is 2.30. The molecule has 0 bridgehead atoms. The molecule has 7 nitrogen and oxygen atoms in total. The Balaban J connectivity index is 2.31. The van der Waals surface area contributed by atoms with Crippen LogP contribution in [0.1, 0.15) is 59.9 Å². The van der Waals surface area contributed by atoms with Crippen molar-refractivity contribution in [3.05, 3.63) is 40.0 Å². The van der Waals surface area contributed by atoms with Gasteiger partial charge in [0.05, 0.1) is 17.1 Å². The molecule has 1 aliphatic rings. The second kappa shape index (κ2) is 8.63. The van der Waals surface area contributed by atoms with Crippen LogP contribution in [-0.4, -0.2) is 40.2 Å². The number of hydrogen-bond acceptors (Lipinski definition) is 5. The number of carbonyl (C=O) groups excluding carboxylic acids is 1. The molecular formula is C21H30N2O5. The Labute approximate surface area is 166 Å². The highest BCUT2D eigenvalue weighted by atomic mass is 16.6. The monoisotopic (exact) mass is 390 g/mol. The van der Waals surface area contributed by atoms with E-state index >= 15 is 0 Å². The SMILES string of the molecule is CC[C@@H]1C=C(c2ccc([N+](=O)[O-])c(OC(C)C)c2)CCN1C(=O)OC(C)(C)C. The second-order valence-corrected chi connectivity index (χ2v) is 8.20. The first-order valence-corrected chi connectivity index (χ1v) is 9.67. The van der Waals surface area contributed by atoms with Gasteiger partial charge in [0.15, 0.2) is 5.75 Å². The molecule has 0 saturated carbocycles. The molecule has 1 atom stereocenters. The Bertz CT molecular complexity index is 765. The molecule has 7 heteroatoms. The lowest BCUT2D eigenvalue weighted by Gasteiger charge is -2.35. The Kier molecular flexibility index (Phi) is 6.69. The lowest BCUT2D eigenvalue weighted by atomic mass is 9.94. The van der Waals surface area contributed by atoms with Crippen molar-refractivity contribution < 1.29 is 19.2 Å². The van der Waals surface area contributed by atoms with Crippen molar-refractivity contribution in [2.75, 3.05) is 6.54 Å². The zero-order chi connectivity index (χ0) is 21.1. The molecule has 0 saturated heterocycles. The molecular weight excluding hydrogens is 360 g/mol. The maximum absolute atomic E-state index is 12.5. The summed E-state index contributed by atoms with van der Waals surface area (Å²) in [6, 6.07) is 4.87. The van der Waals surface area contributed by atoms with E-state index in [9.17, 15) is 14.9 Å². The molecule has 0 radical (unpaired) electrons. The van der Waals surface area contributed by atoms with Crippen molar-refractivity contribution in [1.29, 1.82) is 0 Å². The maximum Gasteiger partial charge on any atom is 0.410 e. The van der Waals surface area contributed by atoms with Crippen LogP contribution in [0.5, 0.6) is 5.75 Å². The molecule has 1 aromatic carbocycles. The lowest BCUT2D eigenvalue weighted by Crippen LogP contribution is -2.44. The van der Waals surface area contributed by atoms with Crippen LogP contribution >= 0.6 is 0 Å². The molecule has 0 N–H and O–H groups in total. The van der Waals surface area contributed by atoms with Crippen LogP contribution < -0.4 is 4.74 Å². The molecule has 0 spiro atoms. The highest BCUT2D eigenvalue weighted by Crippen LogP contribution is 2.34. The molecule has 0 unspecified atom stereocenters. The van der Waals surface area contributed by atoms with Crippen molar-refractivity contribution in [3.8, 4) is 5.75 Å². The molecule has 1 heterocycles. The minimum Gasteiger partial charge on any atom is -0.484 e. The van der Waals surface area contributed by atoms with E-state index in [0.29, 0.717) is 13.0 Å². The van der Waals surface area contributed by atoms with E-state index in [-0.39, 0.29) is 29.7 Å². The van der Waals surface area contributed by atoms with E-state index in [1.54, 1.807) is 17.0 Å². The largest absolute Gasteiger partial charge is 0.484 e. The van der Waals surface area contributed by atoms with Crippen LogP contribution in [0, 0.1) is 10.1 Å². The molecule has 154 valence electrons. The maximum atomic E-state index is 12.5.